The highest BCUT2D eigenvalue weighted by molar-refractivity contribution is 7.90. The SMILES string of the molecule is CC(C)(C)c1ccc(S(=O)(=O)Cc2ccc3c(c2)CCNCC3)cc1. The summed E-state index contributed by atoms with van der Waals surface area (Å²) in [6.45, 7) is 8.32. The zero-order valence-electron chi connectivity index (χ0n) is 15.3. The summed E-state index contributed by atoms with van der Waals surface area (Å²) in [5.74, 6) is 0.0581. The van der Waals surface area contributed by atoms with Gasteiger partial charge in [0, 0.05) is 0 Å². The molecule has 3 rings (SSSR count). The van der Waals surface area contributed by atoms with Crippen LogP contribution in [0.25, 0.3) is 0 Å². The van der Waals surface area contributed by atoms with Crippen LogP contribution in [0.4, 0.5) is 0 Å². The zero-order valence-corrected chi connectivity index (χ0v) is 16.1. The van der Waals surface area contributed by atoms with Gasteiger partial charge in [0.25, 0.3) is 0 Å². The molecule has 25 heavy (non-hydrogen) atoms. The van der Waals surface area contributed by atoms with Crippen LogP contribution in [-0.2, 0) is 33.8 Å². The minimum Gasteiger partial charge on any atom is -0.316 e. The molecule has 0 radical (unpaired) electrons. The molecule has 2 aromatic carbocycles. The van der Waals surface area contributed by atoms with Crippen LogP contribution in [0.3, 0.4) is 0 Å². The first-order chi connectivity index (χ1) is 11.8. The Kier molecular flexibility index (Phi) is 5.03. The van der Waals surface area contributed by atoms with Gasteiger partial charge in [0.05, 0.1) is 10.6 Å². The van der Waals surface area contributed by atoms with Crippen molar-refractivity contribution in [1.29, 1.82) is 0 Å². The smallest absolute Gasteiger partial charge is 0.182 e. The maximum Gasteiger partial charge on any atom is 0.182 e. The van der Waals surface area contributed by atoms with Crippen molar-refractivity contribution in [2.75, 3.05) is 13.1 Å². The van der Waals surface area contributed by atoms with E-state index in [9.17, 15) is 8.42 Å². The molecule has 0 bridgehead atoms. The molecule has 0 aromatic heterocycles. The predicted octanol–water partition coefficient (Wildman–Crippen LogP) is 3.65. The summed E-state index contributed by atoms with van der Waals surface area (Å²) >= 11 is 0. The van der Waals surface area contributed by atoms with Crippen LogP contribution in [-0.4, -0.2) is 21.5 Å². The molecule has 0 atom stereocenters. The zero-order chi connectivity index (χ0) is 18.1. The lowest BCUT2D eigenvalue weighted by atomic mass is 9.87. The highest BCUT2D eigenvalue weighted by Gasteiger charge is 2.19. The molecule has 0 aliphatic carbocycles. The quantitative estimate of drug-likeness (QED) is 0.912. The van der Waals surface area contributed by atoms with E-state index in [0.717, 1.165) is 37.1 Å². The Morgan fingerprint density at radius 1 is 0.920 bits per heavy atom. The number of fused-ring (bicyclic) bond motifs is 1. The third-order valence-electron chi connectivity index (χ3n) is 4.85. The average molecular weight is 358 g/mol. The molecule has 1 heterocycles. The van der Waals surface area contributed by atoms with Gasteiger partial charge in [-0.1, -0.05) is 51.1 Å². The minimum atomic E-state index is -3.33. The predicted molar refractivity (Wildman–Crippen MR) is 103 cm³/mol. The third-order valence-corrected chi connectivity index (χ3v) is 6.55. The molecule has 0 saturated heterocycles. The topological polar surface area (TPSA) is 46.2 Å². The Balaban J connectivity index is 1.83. The Hall–Kier alpha value is -1.65. The molecule has 0 amide bonds. The van der Waals surface area contributed by atoms with Gasteiger partial charge in [-0.05, 0) is 65.7 Å². The largest absolute Gasteiger partial charge is 0.316 e. The van der Waals surface area contributed by atoms with Crippen molar-refractivity contribution in [2.24, 2.45) is 0 Å². The van der Waals surface area contributed by atoms with Gasteiger partial charge >= 0.3 is 0 Å². The summed E-state index contributed by atoms with van der Waals surface area (Å²) in [6, 6.07) is 13.5. The van der Waals surface area contributed by atoms with E-state index in [0.29, 0.717) is 4.90 Å². The normalized spacial score (nSPS) is 15.5. The van der Waals surface area contributed by atoms with Crippen molar-refractivity contribution in [2.45, 2.75) is 49.7 Å². The number of benzene rings is 2. The highest BCUT2D eigenvalue weighted by atomic mass is 32.2. The van der Waals surface area contributed by atoms with Gasteiger partial charge in [-0.15, -0.1) is 0 Å². The molecule has 1 aliphatic rings. The summed E-state index contributed by atoms with van der Waals surface area (Å²) < 4.78 is 25.6. The lowest BCUT2D eigenvalue weighted by Crippen LogP contribution is -2.16. The van der Waals surface area contributed by atoms with Gasteiger partial charge < -0.3 is 5.32 Å². The molecule has 0 unspecified atom stereocenters. The summed E-state index contributed by atoms with van der Waals surface area (Å²) in [5, 5.41) is 3.39. The molecule has 0 fully saturated rings. The lowest BCUT2D eigenvalue weighted by Gasteiger charge is -2.19. The highest BCUT2D eigenvalue weighted by Crippen LogP contribution is 2.25. The molecular weight excluding hydrogens is 330 g/mol. The Morgan fingerprint density at radius 2 is 1.56 bits per heavy atom. The number of sulfone groups is 1. The molecule has 1 aliphatic heterocycles. The molecule has 0 spiro atoms. The van der Waals surface area contributed by atoms with Crippen LogP contribution in [0.2, 0.25) is 0 Å². The summed E-state index contributed by atoms with van der Waals surface area (Å²) in [6.07, 6.45) is 1.97. The first-order valence-corrected chi connectivity index (χ1v) is 10.6. The van der Waals surface area contributed by atoms with E-state index < -0.39 is 9.84 Å². The van der Waals surface area contributed by atoms with E-state index >= 15 is 0 Å². The molecular formula is C21H27NO2S. The van der Waals surface area contributed by atoms with Crippen LogP contribution in [0.15, 0.2) is 47.4 Å². The Bertz CT molecular complexity index is 846. The van der Waals surface area contributed by atoms with E-state index in [-0.39, 0.29) is 11.2 Å². The number of hydrogen-bond acceptors (Lipinski definition) is 3. The molecule has 2 aromatic rings. The van der Waals surface area contributed by atoms with Crippen molar-refractivity contribution in [3.63, 3.8) is 0 Å². The second kappa shape index (κ2) is 6.93. The van der Waals surface area contributed by atoms with E-state index in [2.05, 4.69) is 38.2 Å². The van der Waals surface area contributed by atoms with E-state index in [1.54, 1.807) is 12.1 Å². The number of rotatable bonds is 3. The van der Waals surface area contributed by atoms with Crippen molar-refractivity contribution in [3.05, 3.63) is 64.7 Å². The summed E-state index contributed by atoms with van der Waals surface area (Å²) in [7, 11) is -3.33. The standard InChI is InChI=1S/C21H27NO2S/c1-21(2,3)19-6-8-20(9-7-19)25(23,24)15-16-4-5-17-10-12-22-13-11-18(17)14-16/h4-9,14,22H,10-13,15H2,1-3H3. The average Bonchev–Trinajstić information content (AvgIpc) is 2.78. The van der Waals surface area contributed by atoms with Crippen molar-refractivity contribution >= 4 is 9.84 Å². The monoisotopic (exact) mass is 357 g/mol. The van der Waals surface area contributed by atoms with E-state index in [4.69, 9.17) is 0 Å². The third kappa shape index (κ3) is 4.31. The van der Waals surface area contributed by atoms with E-state index in [1.807, 2.05) is 18.2 Å². The van der Waals surface area contributed by atoms with Gasteiger partial charge in [0.15, 0.2) is 9.84 Å². The molecule has 1 N–H and O–H groups in total. The fourth-order valence-electron chi connectivity index (χ4n) is 3.28. The first-order valence-electron chi connectivity index (χ1n) is 8.90. The van der Waals surface area contributed by atoms with Crippen molar-refractivity contribution in [3.8, 4) is 0 Å². The van der Waals surface area contributed by atoms with Crippen molar-refractivity contribution in [1.82, 2.24) is 5.32 Å². The van der Waals surface area contributed by atoms with Gasteiger partial charge in [0.2, 0.25) is 0 Å². The second-order valence-corrected chi connectivity index (χ2v) is 9.88. The van der Waals surface area contributed by atoms with Gasteiger partial charge in [-0.3, -0.25) is 0 Å². The lowest BCUT2D eigenvalue weighted by molar-refractivity contribution is 0.586. The number of hydrogen-bond donors (Lipinski definition) is 1. The molecule has 0 saturated carbocycles. The van der Waals surface area contributed by atoms with Crippen LogP contribution >= 0.6 is 0 Å². The Labute approximate surface area is 151 Å². The second-order valence-electron chi connectivity index (χ2n) is 7.89. The molecule has 134 valence electrons. The van der Waals surface area contributed by atoms with E-state index in [1.165, 1.54) is 11.1 Å². The summed E-state index contributed by atoms with van der Waals surface area (Å²) in [5.41, 5.74) is 4.65. The molecule has 4 heteroatoms. The summed E-state index contributed by atoms with van der Waals surface area (Å²) in [4.78, 5) is 0.400. The maximum absolute atomic E-state index is 12.8. The van der Waals surface area contributed by atoms with Crippen molar-refractivity contribution < 1.29 is 8.42 Å². The van der Waals surface area contributed by atoms with Crippen LogP contribution < -0.4 is 5.32 Å². The van der Waals surface area contributed by atoms with Crippen LogP contribution in [0.1, 0.15) is 43.0 Å². The fraction of sp³-hybridized carbons (Fsp3) is 0.429. The van der Waals surface area contributed by atoms with Crippen LogP contribution in [0.5, 0.6) is 0 Å². The van der Waals surface area contributed by atoms with Crippen LogP contribution in [0, 0.1) is 0 Å². The Morgan fingerprint density at radius 3 is 2.20 bits per heavy atom. The first kappa shape index (κ1) is 18.2. The van der Waals surface area contributed by atoms with Gasteiger partial charge in [-0.25, -0.2) is 8.42 Å². The number of nitrogens with one attached hydrogen (secondary N) is 1. The minimum absolute atomic E-state index is 0.0212. The maximum atomic E-state index is 12.8. The fourth-order valence-corrected chi connectivity index (χ4v) is 4.62. The molecule has 3 nitrogen and oxygen atoms in total. The van der Waals surface area contributed by atoms with Gasteiger partial charge in [-0.2, -0.15) is 0 Å². The van der Waals surface area contributed by atoms with Gasteiger partial charge in [0.1, 0.15) is 0 Å².